The van der Waals surface area contributed by atoms with Gasteiger partial charge in [0.15, 0.2) is 0 Å². The highest BCUT2D eigenvalue weighted by Crippen LogP contribution is 2.24. The summed E-state index contributed by atoms with van der Waals surface area (Å²) in [6, 6.07) is 5.22. The Balaban J connectivity index is 2.82. The van der Waals surface area contributed by atoms with E-state index < -0.39 is 23.5 Å². The van der Waals surface area contributed by atoms with Crippen LogP contribution in [0, 0.1) is 18.2 Å². The molecule has 0 N–H and O–H groups in total. The summed E-state index contributed by atoms with van der Waals surface area (Å²) in [6.45, 7) is 1.46. The van der Waals surface area contributed by atoms with Gasteiger partial charge in [-0.25, -0.2) is 18.2 Å². The maximum absolute atomic E-state index is 13.4. The standard InChI is InChI=1S/C16H13F3N2O/c1-3-8-21-15(10-6-5-7-11(17)9-10)20-13(14(18)19)12(4-2)16(21)22/h1,5-7,9,14H,4,8H2,2H3. The van der Waals surface area contributed by atoms with Crippen LogP contribution in [0.3, 0.4) is 0 Å². The Labute approximate surface area is 125 Å². The van der Waals surface area contributed by atoms with Crippen molar-refractivity contribution in [3.63, 3.8) is 0 Å². The summed E-state index contributed by atoms with van der Waals surface area (Å²) < 4.78 is 40.8. The molecule has 0 aliphatic rings. The molecule has 0 saturated heterocycles. The average Bonchev–Trinajstić information content (AvgIpc) is 2.48. The van der Waals surface area contributed by atoms with Gasteiger partial charge in [0, 0.05) is 11.1 Å². The molecule has 0 radical (unpaired) electrons. The van der Waals surface area contributed by atoms with Crippen LogP contribution in [0.2, 0.25) is 0 Å². The minimum absolute atomic E-state index is 0.0602. The van der Waals surface area contributed by atoms with Crippen LogP contribution in [0.4, 0.5) is 13.2 Å². The van der Waals surface area contributed by atoms with Crippen molar-refractivity contribution in [2.45, 2.75) is 26.3 Å². The van der Waals surface area contributed by atoms with Crippen LogP contribution < -0.4 is 5.56 Å². The molecule has 0 bridgehead atoms. The number of benzene rings is 1. The van der Waals surface area contributed by atoms with E-state index in [-0.39, 0.29) is 29.9 Å². The van der Waals surface area contributed by atoms with Crippen molar-refractivity contribution in [1.29, 1.82) is 0 Å². The van der Waals surface area contributed by atoms with E-state index in [0.29, 0.717) is 0 Å². The molecule has 2 aromatic rings. The predicted octanol–water partition coefficient (Wildman–Crippen LogP) is 3.18. The van der Waals surface area contributed by atoms with Crippen molar-refractivity contribution in [3.8, 4) is 23.7 Å². The second-order valence-corrected chi connectivity index (χ2v) is 4.56. The first-order valence-corrected chi connectivity index (χ1v) is 6.60. The number of nitrogens with zero attached hydrogens (tertiary/aromatic N) is 2. The number of terminal acetylenes is 1. The van der Waals surface area contributed by atoms with E-state index in [1.807, 2.05) is 0 Å². The molecular weight excluding hydrogens is 293 g/mol. The van der Waals surface area contributed by atoms with Gasteiger partial charge in [-0.15, -0.1) is 6.42 Å². The Morgan fingerprint density at radius 3 is 2.68 bits per heavy atom. The van der Waals surface area contributed by atoms with Gasteiger partial charge >= 0.3 is 0 Å². The Kier molecular flexibility index (Phi) is 4.66. The maximum Gasteiger partial charge on any atom is 0.280 e. The zero-order chi connectivity index (χ0) is 16.3. The summed E-state index contributed by atoms with van der Waals surface area (Å²) in [7, 11) is 0. The molecule has 0 amide bonds. The molecule has 0 atom stereocenters. The van der Waals surface area contributed by atoms with Gasteiger partial charge in [-0.2, -0.15) is 0 Å². The van der Waals surface area contributed by atoms with Crippen LogP contribution in [0.25, 0.3) is 11.4 Å². The summed E-state index contributed by atoms with van der Waals surface area (Å²) in [5.74, 6) is 1.67. The molecule has 0 unspecified atom stereocenters. The van der Waals surface area contributed by atoms with E-state index in [4.69, 9.17) is 6.42 Å². The molecular formula is C16H13F3N2O. The highest BCUT2D eigenvalue weighted by atomic mass is 19.3. The van der Waals surface area contributed by atoms with E-state index in [1.165, 1.54) is 18.2 Å². The molecule has 114 valence electrons. The van der Waals surface area contributed by atoms with Crippen molar-refractivity contribution in [2.24, 2.45) is 0 Å². The SMILES string of the molecule is C#CCn1c(-c2cccc(F)c2)nc(C(F)F)c(CC)c1=O. The minimum atomic E-state index is -2.89. The predicted molar refractivity (Wildman–Crippen MR) is 77.1 cm³/mol. The van der Waals surface area contributed by atoms with Gasteiger partial charge < -0.3 is 0 Å². The summed E-state index contributed by atoms with van der Waals surface area (Å²) in [5.41, 5.74) is -1.06. The summed E-state index contributed by atoms with van der Waals surface area (Å²) in [4.78, 5) is 16.3. The molecule has 0 spiro atoms. The third-order valence-corrected chi connectivity index (χ3v) is 3.19. The molecule has 1 aromatic carbocycles. The molecule has 22 heavy (non-hydrogen) atoms. The van der Waals surface area contributed by atoms with Crippen molar-refractivity contribution in [1.82, 2.24) is 9.55 Å². The Morgan fingerprint density at radius 1 is 1.41 bits per heavy atom. The Morgan fingerprint density at radius 2 is 2.14 bits per heavy atom. The van der Waals surface area contributed by atoms with E-state index in [0.717, 1.165) is 10.6 Å². The molecule has 0 aliphatic carbocycles. The molecule has 0 aliphatic heterocycles. The van der Waals surface area contributed by atoms with Crippen LogP contribution in [0.5, 0.6) is 0 Å². The van der Waals surface area contributed by atoms with Crippen LogP contribution in [0.15, 0.2) is 29.1 Å². The van der Waals surface area contributed by atoms with Crippen molar-refractivity contribution < 1.29 is 13.2 Å². The largest absolute Gasteiger partial charge is 0.281 e. The van der Waals surface area contributed by atoms with Gasteiger partial charge in [-0.3, -0.25) is 9.36 Å². The first-order chi connectivity index (χ1) is 10.5. The van der Waals surface area contributed by atoms with Crippen molar-refractivity contribution in [3.05, 3.63) is 51.7 Å². The first-order valence-electron chi connectivity index (χ1n) is 6.60. The molecule has 0 saturated carbocycles. The van der Waals surface area contributed by atoms with E-state index in [2.05, 4.69) is 10.9 Å². The van der Waals surface area contributed by atoms with Gasteiger partial charge in [-0.1, -0.05) is 25.0 Å². The Hall–Kier alpha value is -2.55. The van der Waals surface area contributed by atoms with Crippen molar-refractivity contribution in [2.75, 3.05) is 0 Å². The lowest BCUT2D eigenvalue weighted by molar-refractivity contribution is 0.144. The highest BCUT2D eigenvalue weighted by molar-refractivity contribution is 5.56. The van der Waals surface area contributed by atoms with Gasteiger partial charge in [-0.05, 0) is 18.6 Å². The van der Waals surface area contributed by atoms with Crippen LogP contribution in [-0.4, -0.2) is 9.55 Å². The quantitative estimate of drug-likeness (QED) is 0.813. The fourth-order valence-corrected chi connectivity index (χ4v) is 2.21. The molecule has 6 heteroatoms. The van der Waals surface area contributed by atoms with E-state index in [9.17, 15) is 18.0 Å². The summed E-state index contributed by atoms with van der Waals surface area (Å²) >= 11 is 0. The lowest BCUT2D eigenvalue weighted by Gasteiger charge is -2.15. The molecule has 0 fully saturated rings. The lowest BCUT2D eigenvalue weighted by Crippen LogP contribution is -2.28. The van der Waals surface area contributed by atoms with Crippen LogP contribution in [0.1, 0.15) is 24.6 Å². The van der Waals surface area contributed by atoms with Crippen LogP contribution >= 0.6 is 0 Å². The monoisotopic (exact) mass is 306 g/mol. The minimum Gasteiger partial charge on any atom is -0.281 e. The molecule has 1 heterocycles. The van der Waals surface area contributed by atoms with Crippen LogP contribution in [-0.2, 0) is 13.0 Å². The van der Waals surface area contributed by atoms with Gasteiger partial charge in [0.1, 0.15) is 17.3 Å². The average molecular weight is 306 g/mol. The van der Waals surface area contributed by atoms with Gasteiger partial charge in [0.2, 0.25) is 0 Å². The Bertz CT molecular complexity index is 791. The number of alkyl halides is 2. The van der Waals surface area contributed by atoms with Crippen molar-refractivity contribution >= 4 is 0 Å². The van der Waals surface area contributed by atoms with E-state index in [1.54, 1.807) is 6.92 Å². The highest BCUT2D eigenvalue weighted by Gasteiger charge is 2.22. The second kappa shape index (κ2) is 6.48. The topological polar surface area (TPSA) is 34.9 Å². The van der Waals surface area contributed by atoms with Gasteiger partial charge in [0.25, 0.3) is 12.0 Å². The molecule has 3 nitrogen and oxygen atoms in total. The third kappa shape index (κ3) is 2.89. The summed E-state index contributed by atoms with van der Waals surface area (Å²) in [6.07, 6.45) is 2.45. The summed E-state index contributed by atoms with van der Waals surface area (Å²) in [5, 5.41) is 0. The second-order valence-electron chi connectivity index (χ2n) is 4.56. The number of hydrogen-bond donors (Lipinski definition) is 0. The smallest absolute Gasteiger partial charge is 0.280 e. The zero-order valence-electron chi connectivity index (χ0n) is 11.8. The zero-order valence-corrected chi connectivity index (χ0v) is 11.8. The molecule has 2 rings (SSSR count). The fourth-order valence-electron chi connectivity index (χ4n) is 2.21. The fraction of sp³-hybridized carbons (Fsp3) is 0.250. The normalized spacial score (nSPS) is 10.7. The lowest BCUT2D eigenvalue weighted by atomic mass is 10.1. The number of rotatable bonds is 4. The third-order valence-electron chi connectivity index (χ3n) is 3.19. The van der Waals surface area contributed by atoms with Gasteiger partial charge in [0.05, 0.1) is 6.54 Å². The number of hydrogen-bond acceptors (Lipinski definition) is 2. The van der Waals surface area contributed by atoms with E-state index >= 15 is 0 Å². The maximum atomic E-state index is 13.4. The first kappa shape index (κ1) is 15.8. The molecule has 1 aromatic heterocycles. The number of halogens is 3. The number of aromatic nitrogens is 2.